The molecule has 0 spiro atoms. The van der Waals surface area contributed by atoms with Gasteiger partial charge >= 0.3 is 11.8 Å². The number of carbonyl (C=O) groups excluding carboxylic acids is 2. The van der Waals surface area contributed by atoms with Gasteiger partial charge in [0.25, 0.3) is 0 Å². The zero-order chi connectivity index (χ0) is 17.5. The molecular formula is C17H21N3O3S2. The summed E-state index contributed by atoms with van der Waals surface area (Å²) in [5.74, 6) is 0.942. The smallest absolute Gasteiger partial charge is 0.309 e. The molecule has 1 aliphatic heterocycles. The summed E-state index contributed by atoms with van der Waals surface area (Å²) in [6.07, 6.45) is 3.34. The van der Waals surface area contributed by atoms with Crippen molar-refractivity contribution in [3.8, 4) is 0 Å². The number of nitrogens with zero attached hydrogens (tertiary/aromatic N) is 1. The minimum atomic E-state index is -0.603. The number of furan rings is 1. The fourth-order valence-corrected chi connectivity index (χ4v) is 4.32. The monoisotopic (exact) mass is 379 g/mol. The van der Waals surface area contributed by atoms with Crippen LogP contribution in [0.5, 0.6) is 0 Å². The molecule has 0 saturated carbocycles. The number of amides is 2. The second-order valence-corrected chi connectivity index (χ2v) is 7.95. The van der Waals surface area contributed by atoms with E-state index in [0.29, 0.717) is 13.1 Å². The van der Waals surface area contributed by atoms with Gasteiger partial charge in [0.05, 0.1) is 25.1 Å². The van der Waals surface area contributed by atoms with Gasteiger partial charge in [-0.3, -0.25) is 14.5 Å². The molecular weight excluding hydrogens is 358 g/mol. The fourth-order valence-electron chi connectivity index (χ4n) is 2.74. The lowest BCUT2D eigenvalue weighted by molar-refractivity contribution is -0.139. The number of nitrogens with one attached hydrogen (secondary N) is 2. The van der Waals surface area contributed by atoms with Gasteiger partial charge in [0, 0.05) is 41.6 Å². The second-order valence-electron chi connectivity index (χ2n) is 5.69. The lowest BCUT2D eigenvalue weighted by Crippen LogP contribution is -2.45. The van der Waals surface area contributed by atoms with E-state index in [4.69, 9.17) is 4.42 Å². The molecule has 1 aliphatic rings. The molecule has 3 heterocycles. The summed E-state index contributed by atoms with van der Waals surface area (Å²) in [5.41, 5.74) is 1.02. The molecule has 3 rings (SSSR count). The number of hydrogen-bond acceptors (Lipinski definition) is 6. The third-order valence-electron chi connectivity index (χ3n) is 4.08. The highest BCUT2D eigenvalue weighted by Crippen LogP contribution is 2.24. The standard InChI is InChI=1S/C17H21N3O3S2/c21-16(18-10-14-2-1-7-25-14)17(22)19-11-15(13-3-6-23-12-13)20-4-8-24-9-5-20/h1-3,6-7,12,15H,4-5,8-11H2,(H,18,21)(H,19,22). The van der Waals surface area contributed by atoms with Crippen molar-refractivity contribution >= 4 is 34.9 Å². The maximum atomic E-state index is 12.1. The summed E-state index contributed by atoms with van der Waals surface area (Å²) in [6, 6.07) is 5.77. The number of thiophene rings is 1. The Morgan fingerprint density at radius 2 is 2.00 bits per heavy atom. The zero-order valence-electron chi connectivity index (χ0n) is 13.8. The maximum Gasteiger partial charge on any atom is 0.309 e. The van der Waals surface area contributed by atoms with Gasteiger partial charge < -0.3 is 15.1 Å². The summed E-state index contributed by atoms with van der Waals surface area (Å²) in [4.78, 5) is 27.4. The molecule has 25 heavy (non-hydrogen) atoms. The fraction of sp³-hybridized carbons (Fsp3) is 0.412. The second kappa shape index (κ2) is 9.07. The molecule has 6 nitrogen and oxygen atoms in total. The number of hydrogen-bond donors (Lipinski definition) is 2. The highest BCUT2D eigenvalue weighted by atomic mass is 32.2. The summed E-state index contributed by atoms with van der Waals surface area (Å²) in [6.45, 7) is 2.68. The Kier molecular flexibility index (Phi) is 6.55. The van der Waals surface area contributed by atoms with Gasteiger partial charge in [-0.2, -0.15) is 11.8 Å². The average Bonchev–Trinajstić information content (AvgIpc) is 3.34. The number of carbonyl (C=O) groups is 2. The molecule has 0 radical (unpaired) electrons. The molecule has 134 valence electrons. The Labute approximate surface area is 155 Å². The van der Waals surface area contributed by atoms with E-state index >= 15 is 0 Å². The molecule has 1 atom stereocenters. The van der Waals surface area contributed by atoms with Gasteiger partial charge in [-0.05, 0) is 17.5 Å². The molecule has 2 N–H and O–H groups in total. The lowest BCUT2D eigenvalue weighted by atomic mass is 10.1. The first-order valence-electron chi connectivity index (χ1n) is 8.16. The van der Waals surface area contributed by atoms with E-state index in [1.807, 2.05) is 35.3 Å². The lowest BCUT2D eigenvalue weighted by Gasteiger charge is -2.33. The van der Waals surface area contributed by atoms with Gasteiger partial charge in [0.15, 0.2) is 0 Å². The third kappa shape index (κ3) is 5.10. The predicted octanol–water partition coefficient (Wildman–Crippen LogP) is 1.86. The van der Waals surface area contributed by atoms with Crippen molar-refractivity contribution < 1.29 is 14.0 Å². The minimum absolute atomic E-state index is 0.0219. The highest BCUT2D eigenvalue weighted by molar-refractivity contribution is 7.99. The van der Waals surface area contributed by atoms with Crippen LogP contribution in [-0.4, -0.2) is 47.9 Å². The van der Waals surface area contributed by atoms with Gasteiger partial charge in [-0.25, -0.2) is 0 Å². The van der Waals surface area contributed by atoms with Crippen LogP contribution in [0, 0.1) is 0 Å². The summed E-state index contributed by atoms with van der Waals surface area (Å²) < 4.78 is 5.20. The molecule has 2 amide bonds. The first-order valence-corrected chi connectivity index (χ1v) is 10.2. The van der Waals surface area contributed by atoms with Crippen LogP contribution in [0.2, 0.25) is 0 Å². The molecule has 2 aromatic rings. The van der Waals surface area contributed by atoms with Crippen molar-refractivity contribution in [2.75, 3.05) is 31.1 Å². The van der Waals surface area contributed by atoms with E-state index in [1.165, 1.54) is 0 Å². The Morgan fingerprint density at radius 1 is 1.20 bits per heavy atom. The third-order valence-corrected chi connectivity index (χ3v) is 5.90. The normalized spacial score (nSPS) is 16.3. The SMILES string of the molecule is O=C(NCc1cccs1)C(=O)NCC(c1ccoc1)N1CCSCC1. The first kappa shape index (κ1) is 18.0. The molecule has 0 bridgehead atoms. The number of thioether (sulfide) groups is 1. The van der Waals surface area contributed by atoms with E-state index in [0.717, 1.165) is 35.0 Å². The van der Waals surface area contributed by atoms with Crippen molar-refractivity contribution in [2.45, 2.75) is 12.6 Å². The first-order chi connectivity index (χ1) is 12.2. The predicted molar refractivity (Wildman–Crippen MR) is 99.5 cm³/mol. The van der Waals surface area contributed by atoms with E-state index in [1.54, 1.807) is 23.9 Å². The summed E-state index contributed by atoms with van der Waals surface area (Å²) in [5, 5.41) is 7.35. The van der Waals surface area contributed by atoms with Crippen molar-refractivity contribution in [3.05, 3.63) is 46.5 Å². The Bertz CT molecular complexity index is 667. The van der Waals surface area contributed by atoms with Gasteiger partial charge in [0.2, 0.25) is 0 Å². The van der Waals surface area contributed by atoms with Crippen molar-refractivity contribution in [2.24, 2.45) is 0 Å². The van der Waals surface area contributed by atoms with Gasteiger partial charge in [-0.15, -0.1) is 11.3 Å². The van der Waals surface area contributed by atoms with Gasteiger partial charge in [0.1, 0.15) is 0 Å². The van der Waals surface area contributed by atoms with Gasteiger partial charge in [-0.1, -0.05) is 6.07 Å². The average molecular weight is 380 g/mol. The molecule has 1 saturated heterocycles. The van der Waals surface area contributed by atoms with E-state index in [-0.39, 0.29) is 6.04 Å². The molecule has 1 unspecified atom stereocenters. The topological polar surface area (TPSA) is 74.6 Å². The minimum Gasteiger partial charge on any atom is -0.472 e. The van der Waals surface area contributed by atoms with Crippen molar-refractivity contribution in [1.29, 1.82) is 0 Å². The van der Waals surface area contributed by atoms with Crippen molar-refractivity contribution in [1.82, 2.24) is 15.5 Å². The maximum absolute atomic E-state index is 12.1. The Hall–Kier alpha value is -1.77. The Balaban J connectivity index is 1.52. The van der Waals surface area contributed by atoms with Crippen LogP contribution >= 0.6 is 23.1 Å². The Morgan fingerprint density at radius 3 is 2.68 bits per heavy atom. The largest absolute Gasteiger partial charge is 0.472 e. The quantitative estimate of drug-likeness (QED) is 0.750. The summed E-state index contributed by atoms with van der Waals surface area (Å²) >= 11 is 3.48. The zero-order valence-corrected chi connectivity index (χ0v) is 15.4. The number of rotatable bonds is 6. The van der Waals surface area contributed by atoms with E-state index < -0.39 is 11.8 Å². The van der Waals surface area contributed by atoms with Crippen LogP contribution in [0.15, 0.2) is 40.5 Å². The summed E-state index contributed by atoms with van der Waals surface area (Å²) in [7, 11) is 0. The molecule has 1 fully saturated rings. The van der Waals surface area contributed by atoms with E-state index in [2.05, 4.69) is 15.5 Å². The molecule has 0 aromatic carbocycles. The van der Waals surface area contributed by atoms with Crippen LogP contribution in [0.1, 0.15) is 16.5 Å². The van der Waals surface area contributed by atoms with Crippen LogP contribution in [0.4, 0.5) is 0 Å². The van der Waals surface area contributed by atoms with Crippen LogP contribution in [-0.2, 0) is 16.1 Å². The van der Waals surface area contributed by atoms with Crippen molar-refractivity contribution in [3.63, 3.8) is 0 Å². The van der Waals surface area contributed by atoms with Crippen LogP contribution in [0.3, 0.4) is 0 Å². The van der Waals surface area contributed by atoms with Crippen LogP contribution in [0.25, 0.3) is 0 Å². The van der Waals surface area contributed by atoms with Crippen LogP contribution < -0.4 is 10.6 Å². The highest BCUT2D eigenvalue weighted by Gasteiger charge is 2.25. The molecule has 8 heteroatoms. The molecule has 2 aromatic heterocycles. The molecule has 0 aliphatic carbocycles. The van der Waals surface area contributed by atoms with E-state index in [9.17, 15) is 9.59 Å².